The van der Waals surface area contributed by atoms with Crippen molar-refractivity contribution in [2.75, 3.05) is 0 Å². The maximum absolute atomic E-state index is 13.0. The molecule has 0 fully saturated rings. The fourth-order valence-electron chi connectivity index (χ4n) is 3.71. The van der Waals surface area contributed by atoms with Crippen LogP contribution in [0.5, 0.6) is 0 Å². The maximum Gasteiger partial charge on any atom is 0.270 e. The molecule has 0 bridgehead atoms. The Labute approximate surface area is 185 Å². The summed E-state index contributed by atoms with van der Waals surface area (Å²) in [7, 11) is 1.96. The molecular weight excluding hydrogens is 400 g/mol. The number of carbonyl (C=O) groups is 1. The molecule has 0 saturated carbocycles. The first-order valence-corrected chi connectivity index (χ1v) is 10.4. The summed E-state index contributed by atoms with van der Waals surface area (Å²) in [5.41, 5.74) is 5.03. The lowest BCUT2D eigenvalue weighted by atomic mass is 10.1. The number of nitrogens with zero attached hydrogens (tertiary/aromatic N) is 5. The molecule has 5 aromatic rings. The summed E-state index contributed by atoms with van der Waals surface area (Å²) >= 11 is 0. The van der Waals surface area contributed by atoms with E-state index >= 15 is 0 Å². The minimum absolute atomic E-state index is 0.219. The lowest BCUT2D eigenvalue weighted by molar-refractivity contribution is 0.0948. The third-order valence-corrected chi connectivity index (χ3v) is 5.39. The van der Waals surface area contributed by atoms with E-state index in [9.17, 15) is 4.79 Å². The van der Waals surface area contributed by atoms with E-state index in [1.165, 1.54) is 5.56 Å². The average molecular weight is 422 g/mol. The van der Waals surface area contributed by atoms with Gasteiger partial charge in [-0.05, 0) is 29.3 Å². The molecule has 0 spiro atoms. The van der Waals surface area contributed by atoms with Gasteiger partial charge >= 0.3 is 0 Å². The summed E-state index contributed by atoms with van der Waals surface area (Å²) in [6, 6.07) is 17.9. The molecule has 0 aliphatic rings. The standard InChI is InChI=1S/C25H22N6O/c1-30-11-9-21-23(30)12-22(20-15-28-31(17-20)16-18-6-3-2-4-7-18)29-24(21)25(32)27-14-19-8-5-10-26-13-19/h2-13,15,17H,14,16H2,1H3,(H,27,32). The van der Waals surface area contributed by atoms with Crippen LogP contribution < -0.4 is 5.32 Å². The van der Waals surface area contributed by atoms with E-state index in [1.54, 1.807) is 18.6 Å². The van der Waals surface area contributed by atoms with Crippen LogP contribution in [0.3, 0.4) is 0 Å². The molecule has 0 saturated heterocycles. The Bertz CT molecular complexity index is 1370. The van der Waals surface area contributed by atoms with Gasteiger partial charge in [-0.15, -0.1) is 0 Å². The fourth-order valence-corrected chi connectivity index (χ4v) is 3.71. The van der Waals surface area contributed by atoms with E-state index in [0.29, 0.717) is 24.5 Å². The number of hydrogen-bond acceptors (Lipinski definition) is 4. The number of benzene rings is 1. The molecule has 4 heterocycles. The minimum Gasteiger partial charge on any atom is -0.350 e. The Morgan fingerprint density at radius 3 is 2.69 bits per heavy atom. The molecule has 1 aromatic carbocycles. The van der Waals surface area contributed by atoms with E-state index in [2.05, 4.69) is 27.5 Å². The van der Waals surface area contributed by atoms with Crippen LogP contribution in [0.4, 0.5) is 0 Å². The van der Waals surface area contributed by atoms with Crippen LogP contribution in [0.2, 0.25) is 0 Å². The maximum atomic E-state index is 13.0. The van der Waals surface area contributed by atoms with E-state index in [4.69, 9.17) is 4.98 Å². The van der Waals surface area contributed by atoms with E-state index < -0.39 is 0 Å². The number of rotatable bonds is 6. The molecule has 4 aromatic heterocycles. The molecule has 0 unspecified atom stereocenters. The number of carbonyl (C=O) groups excluding carboxylic acids is 1. The highest BCUT2D eigenvalue weighted by Crippen LogP contribution is 2.25. The van der Waals surface area contributed by atoms with Crippen molar-refractivity contribution in [3.63, 3.8) is 0 Å². The van der Waals surface area contributed by atoms with E-state index in [0.717, 1.165) is 22.0 Å². The Balaban J connectivity index is 1.45. The summed E-state index contributed by atoms with van der Waals surface area (Å²) in [4.78, 5) is 21.9. The molecule has 7 nitrogen and oxygen atoms in total. The number of amides is 1. The number of aromatic nitrogens is 5. The molecule has 0 atom stereocenters. The second kappa shape index (κ2) is 8.47. The Hall–Kier alpha value is -4.26. The van der Waals surface area contributed by atoms with E-state index in [1.807, 2.05) is 71.2 Å². The van der Waals surface area contributed by atoms with Gasteiger partial charge in [0.1, 0.15) is 5.69 Å². The molecule has 158 valence electrons. The largest absolute Gasteiger partial charge is 0.350 e. The lowest BCUT2D eigenvalue weighted by Gasteiger charge is -2.08. The van der Waals surface area contributed by atoms with Crippen LogP contribution in [0, 0.1) is 0 Å². The van der Waals surface area contributed by atoms with E-state index in [-0.39, 0.29) is 5.91 Å². The van der Waals surface area contributed by atoms with Gasteiger partial charge in [0.25, 0.3) is 5.91 Å². The Kier molecular flexibility index (Phi) is 5.21. The van der Waals surface area contributed by atoms with Crippen molar-refractivity contribution >= 4 is 16.8 Å². The SMILES string of the molecule is Cn1ccc2c(C(=O)NCc3cccnc3)nc(-c3cnn(Cc4ccccc4)c3)cc21. The van der Waals surface area contributed by atoms with Gasteiger partial charge in [-0.2, -0.15) is 5.10 Å². The number of nitrogens with one attached hydrogen (secondary N) is 1. The van der Waals surface area contributed by atoms with Gasteiger partial charge in [0.05, 0.1) is 24.0 Å². The van der Waals surface area contributed by atoms with Crippen molar-refractivity contribution < 1.29 is 4.79 Å². The second-order valence-corrected chi connectivity index (χ2v) is 7.67. The van der Waals surface area contributed by atoms with Crippen LogP contribution in [0.25, 0.3) is 22.2 Å². The van der Waals surface area contributed by atoms with Gasteiger partial charge in [0, 0.05) is 49.3 Å². The number of fused-ring (bicyclic) bond motifs is 1. The van der Waals surface area contributed by atoms with Gasteiger partial charge in [-0.3, -0.25) is 14.5 Å². The monoisotopic (exact) mass is 422 g/mol. The van der Waals surface area contributed by atoms with Crippen LogP contribution in [-0.2, 0) is 20.1 Å². The highest BCUT2D eigenvalue weighted by atomic mass is 16.1. The van der Waals surface area contributed by atoms with Crippen molar-refractivity contribution in [2.45, 2.75) is 13.1 Å². The predicted molar refractivity (Wildman–Crippen MR) is 123 cm³/mol. The van der Waals surface area contributed by atoms with Gasteiger partial charge in [-0.1, -0.05) is 36.4 Å². The van der Waals surface area contributed by atoms with Crippen LogP contribution >= 0.6 is 0 Å². The highest BCUT2D eigenvalue weighted by Gasteiger charge is 2.17. The molecule has 7 heteroatoms. The molecular formula is C25H22N6O. The van der Waals surface area contributed by atoms with Crippen molar-refractivity contribution in [3.05, 3.63) is 102 Å². The summed E-state index contributed by atoms with van der Waals surface area (Å²) in [5.74, 6) is -0.219. The smallest absolute Gasteiger partial charge is 0.270 e. The molecule has 0 radical (unpaired) electrons. The Morgan fingerprint density at radius 2 is 1.88 bits per heavy atom. The topological polar surface area (TPSA) is 77.6 Å². The third kappa shape index (κ3) is 4.00. The van der Waals surface area contributed by atoms with Gasteiger partial charge in [0.2, 0.25) is 0 Å². The van der Waals surface area contributed by atoms with Crippen molar-refractivity contribution in [1.82, 2.24) is 29.6 Å². The van der Waals surface area contributed by atoms with Crippen LogP contribution in [0.1, 0.15) is 21.6 Å². The van der Waals surface area contributed by atoms with Gasteiger partial charge in [-0.25, -0.2) is 4.98 Å². The summed E-state index contributed by atoms with van der Waals surface area (Å²) in [6.45, 7) is 1.06. The normalized spacial score (nSPS) is 11.0. The van der Waals surface area contributed by atoms with Gasteiger partial charge < -0.3 is 9.88 Å². The minimum atomic E-state index is -0.219. The number of pyridine rings is 2. The first kappa shape index (κ1) is 19.7. The quantitative estimate of drug-likeness (QED) is 0.451. The predicted octanol–water partition coefficient (Wildman–Crippen LogP) is 3.81. The number of aryl methyl sites for hydroxylation is 1. The number of hydrogen-bond donors (Lipinski definition) is 1. The van der Waals surface area contributed by atoms with Crippen LogP contribution in [0.15, 0.2) is 85.6 Å². The molecule has 5 rings (SSSR count). The highest BCUT2D eigenvalue weighted by molar-refractivity contribution is 6.05. The first-order chi connectivity index (χ1) is 15.7. The molecule has 0 aliphatic carbocycles. The van der Waals surface area contributed by atoms with Crippen molar-refractivity contribution in [3.8, 4) is 11.3 Å². The zero-order chi connectivity index (χ0) is 21.9. The fraction of sp³-hybridized carbons (Fsp3) is 0.120. The van der Waals surface area contributed by atoms with Gasteiger partial charge in [0.15, 0.2) is 0 Å². The molecule has 32 heavy (non-hydrogen) atoms. The lowest BCUT2D eigenvalue weighted by Crippen LogP contribution is -2.24. The summed E-state index contributed by atoms with van der Waals surface area (Å²) in [5, 5.41) is 8.27. The van der Waals surface area contributed by atoms with Crippen molar-refractivity contribution in [1.29, 1.82) is 0 Å². The summed E-state index contributed by atoms with van der Waals surface area (Å²) in [6.07, 6.45) is 9.14. The second-order valence-electron chi connectivity index (χ2n) is 7.67. The first-order valence-electron chi connectivity index (χ1n) is 10.4. The summed E-state index contributed by atoms with van der Waals surface area (Å²) < 4.78 is 3.87. The van der Waals surface area contributed by atoms with Crippen molar-refractivity contribution in [2.24, 2.45) is 7.05 Å². The molecule has 0 aliphatic heterocycles. The Morgan fingerprint density at radius 1 is 1.03 bits per heavy atom. The molecule has 1 amide bonds. The average Bonchev–Trinajstić information content (AvgIpc) is 3.45. The zero-order valence-electron chi connectivity index (χ0n) is 17.6. The zero-order valence-corrected chi connectivity index (χ0v) is 17.6. The molecule has 1 N–H and O–H groups in total. The van der Waals surface area contributed by atoms with Crippen LogP contribution in [-0.4, -0.2) is 30.2 Å². The third-order valence-electron chi connectivity index (χ3n) is 5.39.